The van der Waals surface area contributed by atoms with Crippen LogP contribution in [0.2, 0.25) is 0 Å². The van der Waals surface area contributed by atoms with Crippen LogP contribution in [-0.4, -0.2) is 28.6 Å². The molecule has 0 saturated carbocycles. The van der Waals surface area contributed by atoms with Gasteiger partial charge in [0.2, 0.25) is 0 Å². The van der Waals surface area contributed by atoms with Gasteiger partial charge in [-0.1, -0.05) is 0 Å². The Bertz CT molecular complexity index is 972. The fraction of sp³-hybridized carbons (Fsp3) is 0.176. The summed E-state index contributed by atoms with van der Waals surface area (Å²) in [6.45, 7) is 0. The summed E-state index contributed by atoms with van der Waals surface area (Å²) < 4.78 is 41.2. The number of pyridine rings is 1. The largest absolute Gasteiger partial charge is 0.497 e. The van der Waals surface area contributed by atoms with Crippen molar-refractivity contribution in [2.24, 2.45) is 7.05 Å². The molecule has 0 aliphatic carbocycles. The van der Waals surface area contributed by atoms with Crippen LogP contribution in [0.3, 0.4) is 0 Å². The van der Waals surface area contributed by atoms with E-state index in [1.54, 1.807) is 19.2 Å². The Morgan fingerprint density at radius 1 is 1.04 bits per heavy atom. The van der Waals surface area contributed by atoms with Crippen molar-refractivity contribution in [1.29, 1.82) is 0 Å². The average molecular weight is 347 g/mol. The first-order chi connectivity index (χ1) is 12.0. The molecule has 3 rings (SSSR count). The maximum atomic E-state index is 14.3. The van der Waals surface area contributed by atoms with Gasteiger partial charge < -0.3 is 9.47 Å². The topological polar surface area (TPSA) is 58.3 Å². The molecule has 0 amide bonds. The van der Waals surface area contributed by atoms with E-state index in [-0.39, 0.29) is 17.1 Å². The van der Waals surface area contributed by atoms with Gasteiger partial charge in [-0.25, -0.2) is 13.8 Å². The van der Waals surface area contributed by atoms with Crippen molar-refractivity contribution in [3.8, 4) is 28.4 Å². The summed E-state index contributed by atoms with van der Waals surface area (Å²) in [5.74, 6) is -0.964. The summed E-state index contributed by atoms with van der Waals surface area (Å²) in [5, 5.41) is 0. The second-order valence-electron chi connectivity index (χ2n) is 5.25. The van der Waals surface area contributed by atoms with Crippen molar-refractivity contribution < 1.29 is 18.3 Å². The zero-order valence-electron chi connectivity index (χ0n) is 13.8. The van der Waals surface area contributed by atoms with Crippen LogP contribution in [0.1, 0.15) is 0 Å². The first kappa shape index (κ1) is 16.7. The molecule has 8 heteroatoms. The van der Waals surface area contributed by atoms with Crippen molar-refractivity contribution >= 4 is 0 Å². The molecule has 0 aliphatic rings. The highest BCUT2D eigenvalue weighted by Gasteiger charge is 2.21. The highest BCUT2D eigenvalue weighted by molar-refractivity contribution is 5.65. The summed E-state index contributed by atoms with van der Waals surface area (Å²) in [7, 11) is 4.36. The first-order valence-corrected chi connectivity index (χ1v) is 7.28. The summed E-state index contributed by atoms with van der Waals surface area (Å²) in [6.07, 6.45) is 2.82. The lowest BCUT2D eigenvalue weighted by Gasteiger charge is -2.07. The molecule has 0 spiro atoms. The first-order valence-electron chi connectivity index (χ1n) is 7.28. The number of ether oxygens (including phenoxy) is 2. The van der Waals surface area contributed by atoms with Crippen molar-refractivity contribution in [3.63, 3.8) is 0 Å². The fourth-order valence-corrected chi connectivity index (χ4v) is 2.56. The molecule has 1 aromatic carbocycles. The lowest BCUT2D eigenvalue weighted by molar-refractivity contribution is 0.407. The molecule has 2 heterocycles. The fourth-order valence-electron chi connectivity index (χ4n) is 2.56. The number of methoxy groups -OCH3 is 2. The smallest absolute Gasteiger partial charge is 0.280 e. The van der Waals surface area contributed by atoms with Gasteiger partial charge in [0, 0.05) is 37.6 Å². The minimum absolute atomic E-state index is 0.0319. The van der Waals surface area contributed by atoms with E-state index in [0.717, 1.165) is 12.1 Å². The Hall–Kier alpha value is -3.16. The van der Waals surface area contributed by atoms with Crippen LogP contribution in [0.25, 0.3) is 16.9 Å². The number of aryl methyl sites for hydroxylation is 1. The highest BCUT2D eigenvalue weighted by Crippen LogP contribution is 2.28. The van der Waals surface area contributed by atoms with Gasteiger partial charge in [-0.15, -0.1) is 0 Å². The zero-order valence-corrected chi connectivity index (χ0v) is 13.8. The number of halogens is 2. The van der Waals surface area contributed by atoms with Crippen LogP contribution in [-0.2, 0) is 7.05 Å². The molecule has 3 aromatic rings. The van der Waals surface area contributed by atoms with Crippen molar-refractivity contribution in [2.45, 2.75) is 0 Å². The number of rotatable bonds is 4. The molecule has 25 heavy (non-hydrogen) atoms. The van der Waals surface area contributed by atoms with Gasteiger partial charge in [0.05, 0.1) is 25.3 Å². The Balaban J connectivity index is 2.20. The third-order valence-electron chi connectivity index (χ3n) is 3.74. The Labute approximate surface area is 141 Å². The SMILES string of the molecule is COc1ccnc(-n2c(=O)c(-c3c(F)cc(OC)cc3F)cn2C)c1. The molecule has 0 aliphatic heterocycles. The Morgan fingerprint density at radius 2 is 1.68 bits per heavy atom. The standard InChI is InChI=1S/C17H15F2N3O3/c1-21-9-12(16-13(18)6-11(25-3)7-14(16)19)17(23)22(21)15-8-10(24-2)4-5-20-15/h4-9H,1-3H3. The third-order valence-corrected chi connectivity index (χ3v) is 3.74. The van der Waals surface area contributed by atoms with Crippen LogP contribution in [0, 0.1) is 11.6 Å². The number of benzene rings is 1. The molecule has 6 nitrogen and oxygen atoms in total. The van der Waals surface area contributed by atoms with E-state index in [1.165, 1.54) is 36.0 Å². The van der Waals surface area contributed by atoms with Crippen molar-refractivity contribution in [2.75, 3.05) is 14.2 Å². The quantitative estimate of drug-likeness (QED) is 0.728. The molecule has 0 saturated heterocycles. The Morgan fingerprint density at radius 3 is 2.28 bits per heavy atom. The molecule has 0 atom stereocenters. The van der Waals surface area contributed by atoms with Crippen molar-refractivity contribution in [1.82, 2.24) is 14.3 Å². The predicted molar refractivity (Wildman–Crippen MR) is 87.3 cm³/mol. The maximum absolute atomic E-state index is 14.3. The maximum Gasteiger partial charge on any atom is 0.280 e. The van der Waals surface area contributed by atoms with E-state index in [0.29, 0.717) is 5.75 Å². The zero-order chi connectivity index (χ0) is 18.1. The van der Waals surface area contributed by atoms with Crippen LogP contribution in [0.15, 0.2) is 41.5 Å². The van der Waals surface area contributed by atoms with Gasteiger partial charge in [-0.3, -0.25) is 9.48 Å². The predicted octanol–water partition coefficient (Wildman–Crippen LogP) is 2.53. The van der Waals surface area contributed by atoms with E-state index < -0.39 is 22.8 Å². The lowest BCUT2D eigenvalue weighted by Crippen LogP contribution is -2.21. The van der Waals surface area contributed by atoms with Gasteiger partial charge in [0.15, 0.2) is 5.82 Å². The number of aromatic nitrogens is 3. The van der Waals surface area contributed by atoms with E-state index in [1.807, 2.05) is 0 Å². The molecule has 0 bridgehead atoms. The van der Waals surface area contributed by atoms with Crippen LogP contribution >= 0.6 is 0 Å². The van der Waals surface area contributed by atoms with E-state index in [2.05, 4.69) is 4.98 Å². The molecular weight excluding hydrogens is 332 g/mol. The number of hydrogen-bond donors (Lipinski definition) is 0. The third kappa shape index (κ3) is 2.86. The van der Waals surface area contributed by atoms with Gasteiger partial charge in [-0.05, 0) is 6.07 Å². The van der Waals surface area contributed by atoms with Gasteiger partial charge >= 0.3 is 0 Å². The normalized spacial score (nSPS) is 10.8. The van der Waals surface area contributed by atoms with E-state index in [9.17, 15) is 13.6 Å². The minimum atomic E-state index is -0.884. The lowest BCUT2D eigenvalue weighted by atomic mass is 10.1. The number of hydrogen-bond acceptors (Lipinski definition) is 4. The molecule has 0 fully saturated rings. The van der Waals surface area contributed by atoms with Crippen LogP contribution in [0.5, 0.6) is 11.5 Å². The molecular formula is C17H15F2N3O3. The second-order valence-corrected chi connectivity index (χ2v) is 5.25. The van der Waals surface area contributed by atoms with E-state index >= 15 is 0 Å². The van der Waals surface area contributed by atoms with Gasteiger partial charge in [0.25, 0.3) is 5.56 Å². The molecule has 0 N–H and O–H groups in total. The van der Waals surface area contributed by atoms with E-state index in [4.69, 9.17) is 9.47 Å². The van der Waals surface area contributed by atoms with Crippen LogP contribution < -0.4 is 15.0 Å². The summed E-state index contributed by atoms with van der Waals surface area (Å²) in [4.78, 5) is 16.9. The highest BCUT2D eigenvalue weighted by atomic mass is 19.1. The summed E-state index contributed by atoms with van der Waals surface area (Å²) in [6, 6.07) is 5.23. The summed E-state index contributed by atoms with van der Waals surface area (Å²) in [5.41, 5.74) is -1.14. The van der Waals surface area contributed by atoms with Gasteiger partial charge in [-0.2, -0.15) is 4.68 Å². The average Bonchev–Trinajstić information content (AvgIpc) is 2.88. The Kier molecular flexibility index (Phi) is 4.26. The summed E-state index contributed by atoms with van der Waals surface area (Å²) >= 11 is 0. The van der Waals surface area contributed by atoms with Crippen molar-refractivity contribution in [3.05, 3.63) is 58.6 Å². The molecule has 2 aromatic heterocycles. The van der Waals surface area contributed by atoms with Gasteiger partial charge in [0.1, 0.15) is 23.1 Å². The number of nitrogens with zero attached hydrogens (tertiary/aromatic N) is 3. The molecule has 0 unspecified atom stereocenters. The molecule has 130 valence electrons. The van der Waals surface area contributed by atoms with Crippen LogP contribution in [0.4, 0.5) is 8.78 Å². The second kappa shape index (κ2) is 6.39. The molecule has 0 radical (unpaired) electrons. The monoisotopic (exact) mass is 347 g/mol. The minimum Gasteiger partial charge on any atom is -0.497 e.